The van der Waals surface area contributed by atoms with Gasteiger partial charge in [0.1, 0.15) is 17.1 Å². The number of benzene rings is 2. The minimum atomic E-state index is -0.493. The zero-order valence-corrected chi connectivity index (χ0v) is 16.0. The van der Waals surface area contributed by atoms with Gasteiger partial charge in [-0.05, 0) is 55.9 Å². The highest BCUT2D eigenvalue weighted by molar-refractivity contribution is 5.92. The Morgan fingerprint density at radius 1 is 1.21 bits per heavy atom. The van der Waals surface area contributed by atoms with Gasteiger partial charge in [-0.3, -0.25) is 9.69 Å². The summed E-state index contributed by atoms with van der Waals surface area (Å²) in [6.07, 6.45) is 0. The Morgan fingerprint density at radius 3 is 2.61 bits per heavy atom. The Hall–Kier alpha value is -3.32. The van der Waals surface area contributed by atoms with E-state index in [1.807, 2.05) is 0 Å². The van der Waals surface area contributed by atoms with E-state index in [0.29, 0.717) is 29.1 Å². The van der Waals surface area contributed by atoms with Crippen molar-refractivity contribution in [2.75, 3.05) is 26.0 Å². The number of rotatable bonds is 6. The van der Waals surface area contributed by atoms with Crippen LogP contribution < -0.4 is 15.7 Å². The minimum absolute atomic E-state index is 0.0695. The van der Waals surface area contributed by atoms with Crippen LogP contribution in [0.3, 0.4) is 0 Å². The van der Waals surface area contributed by atoms with E-state index < -0.39 is 5.63 Å². The van der Waals surface area contributed by atoms with Crippen LogP contribution in [-0.2, 0) is 11.3 Å². The van der Waals surface area contributed by atoms with Gasteiger partial charge in [0.05, 0.1) is 13.7 Å². The lowest BCUT2D eigenvalue weighted by molar-refractivity contribution is -0.117. The normalized spacial score (nSPS) is 11.0. The number of likely N-dealkylation sites (N-methyl/N-ethyl adjacent to an activating group) is 1. The summed E-state index contributed by atoms with van der Waals surface area (Å²) in [7, 11) is 3.38. The van der Waals surface area contributed by atoms with Crippen molar-refractivity contribution in [3.05, 3.63) is 64.0 Å². The summed E-state index contributed by atoms with van der Waals surface area (Å²) < 4.78 is 10.3. The summed E-state index contributed by atoms with van der Waals surface area (Å²) in [6, 6.07) is 11.8. The third-order valence-electron chi connectivity index (χ3n) is 4.45. The number of hydrogen-bond acceptors (Lipinski definition) is 6. The number of hydrogen-bond donors (Lipinski definition) is 2. The van der Waals surface area contributed by atoms with Gasteiger partial charge in [-0.2, -0.15) is 0 Å². The van der Waals surface area contributed by atoms with Gasteiger partial charge in [-0.15, -0.1) is 0 Å². The number of phenols is 1. The van der Waals surface area contributed by atoms with Crippen LogP contribution in [0.4, 0.5) is 5.69 Å². The molecule has 0 aliphatic rings. The number of nitrogens with zero attached hydrogens (tertiary/aromatic N) is 1. The second-order valence-corrected chi connectivity index (χ2v) is 6.63. The first-order valence-corrected chi connectivity index (χ1v) is 8.75. The van der Waals surface area contributed by atoms with E-state index in [0.717, 1.165) is 10.9 Å². The number of carbonyl (C=O) groups excluding carboxylic acids is 1. The van der Waals surface area contributed by atoms with Crippen LogP contribution in [0.2, 0.25) is 0 Å². The number of phenolic OH excluding ortho intramolecular Hbond substituents is 1. The van der Waals surface area contributed by atoms with Gasteiger partial charge in [-0.1, -0.05) is 0 Å². The topological polar surface area (TPSA) is 92.0 Å². The molecule has 0 aliphatic carbocycles. The Balaban J connectivity index is 1.72. The average Bonchev–Trinajstić information content (AvgIpc) is 2.65. The SMILES string of the molecule is COc1ccc(NC(=O)CN(C)Cc2cc(=O)oc3c(C)c(O)ccc23)cc1. The molecule has 0 spiro atoms. The maximum Gasteiger partial charge on any atom is 0.336 e. The molecular weight excluding hydrogens is 360 g/mol. The van der Waals surface area contributed by atoms with Crippen molar-refractivity contribution in [2.45, 2.75) is 13.5 Å². The lowest BCUT2D eigenvalue weighted by Crippen LogP contribution is -2.30. The Kier molecular flexibility index (Phi) is 5.65. The van der Waals surface area contributed by atoms with Crippen LogP contribution in [0.1, 0.15) is 11.1 Å². The molecule has 2 N–H and O–H groups in total. The second kappa shape index (κ2) is 8.14. The lowest BCUT2D eigenvalue weighted by Gasteiger charge is -2.17. The molecule has 0 aliphatic heterocycles. The molecule has 0 radical (unpaired) electrons. The molecule has 0 saturated carbocycles. The number of nitrogens with one attached hydrogen (secondary N) is 1. The predicted octanol–water partition coefficient (Wildman–Crippen LogP) is 2.89. The van der Waals surface area contributed by atoms with Gasteiger partial charge < -0.3 is 19.6 Å². The van der Waals surface area contributed by atoms with E-state index in [9.17, 15) is 14.7 Å². The van der Waals surface area contributed by atoms with Gasteiger partial charge in [-0.25, -0.2) is 4.79 Å². The number of methoxy groups -OCH3 is 1. The van der Waals surface area contributed by atoms with E-state index >= 15 is 0 Å². The predicted molar refractivity (Wildman–Crippen MR) is 107 cm³/mol. The van der Waals surface area contributed by atoms with Crippen LogP contribution in [-0.4, -0.2) is 36.6 Å². The third kappa shape index (κ3) is 4.32. The summed E-state index contributed by atoms with van der Waals surface area (Å²) in [6.45, 7) is 2.21. The Bertz CT molecular complexity index is 1060. The highest BCUT2D eigenvalue weighted by atomic mass is 16.5. The Labute approximate surface area is 162 Å². The number of ether oxygens (including phenoxy) is 1. The number of fused-ring (bicyclic) bond motifs is 1. The number of carbonyl (C=O) groups is 1. The van der Waals surface area contributed by atoms with E-state index in [2.05, 4.69) is 5.32 Å². The molecule has 7 heteroatoms. The number of aromatic hydroxyl groups is 1. The number of amides is 1. The quantitative estimate of drug-likeness (QED) is 0.637. The first kappa shape index (κ1) is 19.4. The first-order chi connectivity index (χ1) is 13.4. The summed E-state index contributed by atoms with van der Waals surface area (Å²) in [5.74, 6) is 0.611. The molecule has 0 atom stereocenters. The van der Waals surface area contributed by atoms with Crippen LogP contribution in [0.25, 0.3) is 11.0 Å². The van der Waals surface area contributed by atoms with Crippen molar-refractivity contribution in [3.63, 3.8) is 0 Å². The highest BCUT2D eigenvalue weighted by Gasteiger charge is 2.14. The molecule has 0 unspecified atom stereocenters. The van der Waals surface area contributed by atoms with Crippen LogP contribution in [0, 0.1) is 6.92 Å². The van der Waals surface area contributed by atoms with Gasteiger partial charge in [0.25, 0.3) is 0 Å². The fourth-order valence-electron chi connectivity index (χ4n) is 3.01. The van der Waals surface area contributed by atoms with Crippen molar-refractivity contribution in [2.24, 2.45) is 0 Å². The summed E-state index contributed by atoms with van der Waals surface area (Å²) in [4.78, 5) is 26.0. The molecule has 7 nitrogen and oxygen atoms in total. The van der Waals surface area contributed by atoms with Crippen LogP contribution >= 0.6 is 0 Å². The van der Waals surface area contributed by atoms with Crippen molar-refractivity contribution < 1.29 is 19.1 Å². The fourth-order valence-corrected chi connectivity index (χ4v) is 3.01. The Morgan fingerprint density at radius 2 is 1.93 bits per heavy atom. The summed E-state index contributed by atoms with van der Waals surface area (Å²) >= 11 is 0. The molecule has 1 heterocycles. The van der Waals surface area contributed by atoms with Gasteiger partial charge in [0, 0.05) is 29.2 Å². The lowest BCUT2D eigenvalue weighted by atomic mass is 10.1. The monoisotopic (exact) mass is 382 g/mol. The van der Waals surface area contributed by atoms with E-state index in [-0.39, 0.29) is 18.2 Å². The van der Waals surface area contributed by atoms with Gasteiger partial charge >= 0.3 is 5.63 Å². The van der Waals surface area contributed by atoms with Gasteiger partial charge in [0.2, 0.25) is 5.91 Å². The average molecular weight is 382 g/mol. The maximum absolute atomic E-state index is 12.3. The molecule has 28 heavy (non-hydrogen) atoms. The largest absolute Gasteiger partial charge is 0.508 e. The molecule has 0 bridgehead atoms. The maximum atomic E-state index is 12.3. The van der Waals surface area contributed by atoms with Crippen molar-refractivity contribution in [1.82, 2.24) is 4.90 Å². The molecular formula is C21H22N2O5. The summed E-state index contributed by atoms with van der Waals surface area (Å²) in [5.41, 5.74) is 1.78. The minimum Gasteiger partial charge on any atom is -0.508 e. The zero-order chi connectivity index (χ0) is 20.3. The zero-order valence-electron chi connectivity index (χ0n) is 16.0. The number of anilines is 1. The smallest absolute Gasteiger partial charge is 0.336 e. The highest BCUT2D eigenvalue weighted by Crippen LogP contribution is 2.27. The molecule has 0 saturated heterocycles. The molecule has 3 rings (SSSR count). The standard InChI is InChI=1S/C21H22N2O5/c1-13-18(24)9-8-17-14(10-20(26)28-21(13)17)11-23(2)12-19(25)22-15-4-6-16(27-3)7-5-15/h4-10,24H,11-12H2,1-3H3,(H,22,25). The van der Waals surface area contributed by atoms with Crippen LogP contribution in [0.5, 0.6) is 11.5 Å². The van der Waals surface area contributed by atoms with Crippen molar-refractivity contribution in [1.29, 1.82) is 0 Å². The molecule has 2 aromatic carbocycles. The second-order valence-electron chi connectivity index (χ2n) is 6.63. The molecule has 146 valence electrons. The number of aryl methyl sites for hydroxylation is 1. The van der Waals surface area contributed by atoms with Crippen molar-refractivity contribution >= 4 is 22.6 Å². The van der Waals surface area contributed by atoms with Crippen LogP contribution in [0.15, 0.2) is 51.7 Å². The van der Waals surface area contributed by atoms with Crippen molar-refractivity contribution in [3.8, 4) is 11.5 Å². The van der Waals surface area contributed by atoms with Gasteiger partial charge in [0.15, 0.2) is 0 Å². The third-order valence-corrected chi connectivity index (χ3v) is 4.45. The van der Waals surface area contributed by atoms with E-state index in [1.165, 1.54) is 6.07 Å². The van der Waals surface area contributed by atoms with E-state index in [4.69, 9.17) is 9.15 Å². The van der Waals surface area contributed by atoms with E-state index in [1.54, 1.807) is 62.4 Å². The molecule has 0 fully saturated rings. The molecule has 1 amide bonds. The summed E-state index contributed by atoms with van der Waals surface area (Å²) in [5, 5.41) is 13.4. The first-order valence-electron chi connectivity index (χ1n) is 8.75. The molecule has 3 aromatic rings. The fraction of sp³-hybridized carbons (Fsp3) is 0.238. The molecule has 1 aromatic heterocycles.